The van der Waals surface area contributed by atoms with Gasteiger partial charge in [0.25, 0.3) is 0 Å². The maximum absolute atomic E-state index is 12.0. The van der Waals surface area contributed by atoms with Crippen molar-refractivity contribution in [2.24, 2.45) is 5.92 Å². The van der Waals surface area contributed by atoms with Crippen molar-refractivity contribution < 1.29 is 9.59 Å². The van der Waals surface area contributed by atoms with Gasteiger partial charge in [-0.25, -0.2) is 0 Å². The zero-order valence-corrected chi connectivity index (χ0v) is 13.5. The molecule has 2 amide bonds. The van der Waals surface area contributed by atoms with E-state index in [-0.39, 0.29) is 17.7 Å². The predicted molar refractivity (Wildman–Crippen MR) is 87.5 cm³/mol. The minimum atomic E-state index is -0.468. The number of carbonyl (C=O) groups is 2. The summed E-state index contributed by atoms with van der Waals surface area (Å²) in [5.41, 5.74) is 2.48. The minimum Gasteiger partial charge on any atom is -0.354 e. The van der Waals surface area contributed by atoms with Gasteiger partial charge < -0.3 is 10.6 Å². The Balaban J connectivity index is 1.72. The molecule has 0 saturated heterocycles. The Kier molecular flexibility index (Phi) is 5.99. The Hall–Kier alpha value is -1.84. The van der Waals surface area contributed by atoms with Crippen molar-refractivity contribution in [1.29, 1.82) is 0 Å². The molecular formula is C18H26N2O2. The molecule has 0 aliphatic heterocycles. The summed E-state index contributed by atoms with van der Waals surface area (Å²) < 4.78 is 0. The van der Waals surface area contributed by atoms with E-state index in [9.17, 15) is 9.59 Å². The summed E-state index contributed by atoms with van der Waals surface area (Å²) in [4.78, 5) is 24.1. The molecule has 0 spiro atoms. The lowest BCUT2D eigenvalue weighted by Gasteiger charge is -2.17. The van der Waals surface area contributed by atoms with Gasteiger partial charge in [-0.3, -0.25) is 9.59 Å². The summed E-state index contributed by atoms with van der Waals surface area (Å²) in [6.45, 7) is 4.41. The van der Waals surface area contributed by atoms with E-state index in [1.165, 1.54) is 11.1 Å². The van der Waals surface area contributed by atoms with Crippen molar-refractivity contribution in [2.75, 3.05) is 6.54 Å². The Morgan fingerprint density at radius 3 is 2.59 bits per heavy atom. The number of hydrogen-bond donors (Lipinski definition) is 2. The molecule has 4 heteroatoms. The molecule has 22 heavy (non-hydrogen) atoms. The van der Waals surface area contributed by atoms with E-state index in [4.69, 9.17) is 0 Å². The van der Waals surface area contributed by atoms with Crippen molar-refractivity contribution in [3.8, 4) is 0 Å². The van der Waals surface area contributed by atoms with E-state index in [0.29, 0.717) is 6.54 Å². The second-order valence-corrected chi connectivity index (χ2v) is 6.18. The van der Waals surface area contributed by atoms with Gasteiger partial charge >= 0.3 is 0 Å². The molecule has 1 aliphatic carbocycles. The van der Waals surface area contributed by atoms with Crippen LogP contribution in [0, 0.1) is 12.8 Å². The summed E-state index contributed by atoms with van der Waals surface area (Å²) in [5, 5.41) is 5.73. The number of aryl methyl sites for hydroxylation is 1. The van der Waals surface area contributed by atoms with Crippen LogP contribution in [-0.4, -0.2) is 24.4 Å². The van der Waals surface area contributed by atoms with E-state index < -0.39 is 6.04 Å². The van der Waals surface area contributed by atoms with Gasteiger partial charge in [0.2, 0.25) is 11.8 Å². The molecule has 1 aromatic rings. The highest BCUT2D eigenvalue weighted by atomic mass is 16.2. The van der Waals surface area contributed by atoms with Gasteiger partial charge in [0.05, 0.1) is 0 Å². The third-order valence-electron chi connectivity index (χ3n) is 4.43. The summed E-state index contributed by atoms with van der Waals surface area (Å²) in [5.74, 6) is 0.0150. The lowest BCUT2D eigenvalue weighted by molar-refractivity contribution is -0.130. The van der Waals surface area contributed by atoms with Crippen molar-refractivity contribution in [1.82, 2.24) is 10.6 Å². The first-order valence-corrected chi connectivity index (χ1v) is 8.20. The predicted octanol–water partition coefficient (Wildman–Crippen LogP) is 2.35. The Morgan fingerprint density at radius 2 is 1.91 bits per heavy atom. The van der Waals surface area contributed by atoms with Crippen LogP contribution in [0.5, 0.6) is 0 Å². The van der Waals surface area contributed by atoms with Gasteiger partial charge in [-0.1, -0.05) is 37.1 Å². The smallest absolute Gasteiger partial charge is 0.242 e. The van der Waals surface area contributed by atoms with Gasteiger partial charge in [-0.05, 0) is 44.2 Å². The highest BCUT2D eigenvalue weighted by Crippen LogP contribution is 2.24. The minimum absolute atomic E-state index is 0.0269. The molecule has 0 radical (unpaired) electrons. The van der Waals surface area contributed by atoms with Crippen LogP contribution in [0.1, 0.15) is 43.7 Å². The first kappa shape index (κ1) is 16.5. The van der Waals surface area contributed by atoms with Gasteiger partial charge in [-0.15, -0.1) is 0 Å². The van der Waals surface area contributed by atoms with Crippen LogP contribution in [0.25, 0.3) is 0 Å². The topological polar surface area (TPSA) is 58.2 Å². The fraction of sp³-hybridized carbons (Fsp3) is 0.556. The number of hydrogen-bond acceptors (Lipinski definition) is 2. The molecule has 0 heterocycles. The molecule has 0 aromatic heterocycles. The Morgan fingerprint density at radius 1 is 1.23 bits per heavy atom. The van der Waals surface area contributed by atoms with Gasteiger partial charge in [0.15, 0.2) is 0 Å². The molecule has 1 aromatic carbocycles. The largest absolute Gasteiger partial charge is 0.354 e. The van der Waals surface area contributed by atoms with Crippen LogP contribution in [0.4, 0.5) is 0 Å². The third-order valence-corrected chi connectivity index (χ3v) is 4.43. The average molecular weight is 302 g/mol. The Labute approximate surface area is 132 Å². The van der Waals surface area contributed by atoms with Crippen LogP contribution in [0.2, 0.25) is 0 Å². The molecule has 1 fully saturated rings. The number of nitrogens with one attached hydrogen (secondary N) is 2. The molecular weight excluding hydrogens is 276 g/mol. The second kappa shape index (κ2) is 7.97. The van der Waals surface area contributed by atoms with E-state index in [1.807, 2.05) is 12.1 Å². The van der Waals surface area contributed by atoms with Crippen molar-refractivity contribution in [2.45, 2.75) is 52.0 Å². The standard InChI is InChI=1S/C18H26N2O2/c1-13-7-3-4-8-15(13)11-12-19-17(21)14(2)20-18(22)16-9-5-6-10-16/h3-4,7-8,14,16H,5-6,9-12H2,1-2H3,(H,19,21)(H,20,22). The van der Waals surface area contributed by atoms with E-state index in [0.717, 1.165) is 32.1 Å². The summed E-state index contributed by atoms with van der Waals surface area (Å²) in [6.07, 6.45) is 4.95. The molecule has 1 atom stereocenters. The molecule has 4 nitrogen and oxygen atoms in total. The van der Waals surface area contributed by atoms with E-state index in [1.54, 1.807) is 6.92 Å². The van der Waals surface area contributed by atoms with Gasteiger partial charge in [0, 0.05) is 12.5 Å². The second-order valence-electron chi connectivity index (χ2n) is 6.18. The SMILES string of the molecule is Cc1ccccc1CCNC(=O)C(C)NC(=O)C1CCCC1. The van der Waals surface area contributed by atoms with Crippen LogP contribution in [0.3, 0.4) is 0 Å². The van der Waals surface area contributed by atoms with E-state index >= 15 is 0 Å². The Bertz CT molecular complexity index is 522. The van der Waals surface area contributed by atoms with Crippen molar-refractivity contribution in [3.63, 3.8) is 0 Å². The van der Waals surface area contributed by atoms with Crippen LogP contribution >= 0.6 is 0 Å². The summed E-state index contributed by atoms with van der Waals surface area (Å²) in [7, 11) is 0. The fourth-order valence-electron chi connectivity index (χ4n) is 2.95. The average Bonchev–Trinajstić information content (AvgIpc) is 3.03. The first-order valence-electron chi connectivity index (χ1n) is 8.20. The normalized spacial score (nSPS) is 16.3. The van der Waals surface area contributed by atoms with Gasteiger partial charge in [-0.2, -0.15) is 0 Å². The zero-order chi connectivity index (χ0) is 15.9. The van der Waals surface area contributed by atoms with Crippen molar-refractivity contribution >= 4 is 11.8 Å². The van der Waals surface area contributed by atoms with Crippen LogP contribution in [0.15, 0.2) is 24.3 Å². The molecule has 2 rings (SSSR count). The third kappa shape index (κ3) is 4.58. The summed E-state index contributed by atoms with van der Waals surface area (Å²) >= 11 is 0. The highest BCUT2D eigenvalue weighted by Gasteiger charge is 2.25. The molecule has 0 bridgehead atoms. The van der Waals surface area contributed by atoms with Crippen LogP contribution < -0.4 is 10.6 Å². The summed E-state index contributed by atoms with van der Waals surface area (Å²) in [6, 6.07) is 7.70. The quantitative estimate of drug-likeness (QED) is 0.847. The monoisotopic (exact) mass is 302 g/mol. The van der Waals surface area contributed by atoms with E-state index in [2.05, 4.69) is 29.7 Å². The van der Waals surface area contributed by atoms with Crippen molar-refractivity contribution in [3.05, 3.63) is 35.4 Å². The first-order chi connectivity index (χ1) is 10.6. The maximum Gasteiger partial charge on any atom is 0.242 e. The van der Waals surface area contributed by atoms with Gasteiger partial charge in [0.1, 0.15) is 6.04 Å². The lowest BCUT2D eigenvalue weighted by atomic mass is 10.1. The molecule has 120 valence electrons. The van der Waals surface area contributed by atoms with Crippen LogP contribution in [-0.2, 0) is 16.0 Å². The number of benzene rings is 1. The molecule has 2 N–H and O–H groups in total. The molecule has 1 aliphatic rings. The maximum atomic E-state index is 12.0. The lowest BCUT2D eigenvalue weighted by Crippen LogP contribution is -2.46. The number of carbonyl (C=O) groups excluding carboxylic acids is 2. The molecule has 1 unspecified atom stereocenters. The number of rotatable bonds is 6. The number of amides is 2. The highest BCUT2D eigenvalue weighted by molar-refractivity contribution is 5.88. The zero-order valence-electron chi connectivity index (χ0n) is 13.5. The molecule has 1 saturated carbocycles. The fourth-order valence-corrected chi connectivity index (χ4v) is 2.95.